The number of anilines is 1. The van der Waals surface area contributed by atoms with Crippen LogP contribution in [0.25, 0.3) is 0 Å². The summed E-state index contributed by atoms with van der Waals surface area (Å²) in [6, 6.07) is 14.0. The predicted molar refractivity (Wildman–Crippen MR) is 118 cm³/mol. The van der Waals surface area contributed by atoms with Gasteiger partial charge in [-0.25, -0.2) is 8.42 Å². The summed E-state index contributed by atoms with van der Waals surface area (Å²) in [4.78, 5) is 12.4. The minimum Gasteiger partial charge on any atom is -0.484 e. The van der Waals surface area contributed by atoms with Gasteiger partial charge in [-0.2, -0.15) is 4.31 Å². The van der Waals surface area contributed by atoms with Gasteiger partial charge in [-0.05, 0) is 66.6 Å². The minimum absolute atomic E-state index is 0.118. The van der Waals surface area contributed by atoms with E-state index in [-0.39, 0.29) is 17.4 Å². The molecule has 0 saturated carbocycles. The Morgan fingerprint density at radius 1 is 1.07 bits per heavy atom. The van der Waals surface area contributed by atoms with Crippen LogP contribution in [0.2, 0.25) is 0 Å². The van der Waals surface area contributed by atoms with Crippen molar-refractivity contribution in [3.63, 3.8) is 0 Å². The molecule has 1 saturated heterocycles. The zero-order chi connectivity index (χ0) is 21.7. The molecule has 2 aromatic rings. The van der Waals surface area contributed by atoms with Crippen LogP contribution in [0.1, 0.15) is 45.1 Å². The Balaban J connectivity index is 1.54. The van der Waals surface area contributed by atoms with Gasteiger partial charge in [0.25, 0.3) is 5.91 Å². The van der Waals surface area contributed by atoms with Crippen molar-refractivity contribution < 1.29 is 17.9 Å². The van der Waals surface area contributed by atoms with Gasteiger partial charge in [-0.15, -0.1) is 0 Å². The second-order valence-corrected chi connectivity index (χ2v) is 10.1. The number of hydrogen-bond acceptors (Lipinski definition) is 4. The number of nitrogens with one attached hydrogen (secondary N) is 1. The van der Waals surface area contributed by atoms with Crippen LogP contribution in [0.4, 0.5) is 5.69 Å². The highest BCUT2D eigenvalue weighted by atomic mass is 32.2. The third-order valence-electron chi connectivity index (χ3n) is 5.44. The number of carbonyl (C=O) groups is 1. The van der Waals surface area contributed by atoms with Crippen LogP contribution in [-0.4, -0.2) is 38.3 Å². The number of benzene rings is 2. The maximum Gasteiger partial charge on any atom is 0.262 e. The molecular weight excluding hydrogens is 400 g/mol. The Morgan fingerprint density at radius 3 is 2.23 bits per heavy atom. The third kappa shape index (κ3) is 5.61. The van der Waals surface area contributed by atoms with Gasteiger partial charge in [0.1, 0.15) is 5.75 Å². The fraction of sp³-hybridized carbons (Fsp3) is 0.435. The van der Waals surface area contributed by atoms with Gasteiger partial charge in [0.2, 0.25) is 10.0 Å². The average molecular weight is 431 g/mol. The number of piperidine rings is 1. The summed E-state index contributed by atoms with van der Waals surface area (Å²) in [7, 11) is -3.49. The molecule has 1 N–H and O–H groups in total. The lowest BCUT2D eigenvalue weighted by Crippen LogP contribution is -2.37. The average Bonchev–Trinajstić information content (AvgIpc) is 2.73. The van der Waals surface area contributed by atoms with Gasteiger partial charge < -0.3 is 10.1 Å². The van der Waals surface area contributed by atoms with Gasteiger partial charge in [-0.1, -0.05) is 32.9 Å². The molecule has 0 radical (unpaired) electrons. The van der Waals surface area contributed by atoms with E-state index < -0.39 is 10.0 Å². The summed E-state index contributed by atoms with van der Waals surface area (Å²) in [6.45, 7) is 7.37. The molecule has 0 atom stereocenters. The third-order valence-corrected chi connectivity index (χ3v) is 7.35. The first kappa shape index (κ1) is 22.3. The van der Waals surface area contributed by atoms with Gasteiger partial charge in [0.05, 0.1) is 4.90 Å². The van der Waals surface area contributed by atoms with E-state index in [1.54, 1.807) is 16.4 Å². The molecule has 1 amide bonds. The highest BCUT2D eigenvalue weighted by Crippen LogP contribution is 2.24. The van der Waals surface area contributed by atoms with E-state index in [4.69, 9.17) is 4.74 Å². The maximum absolute atomic E-state index is 12.8. The fourth-order valence-corrected chi connectivity index (χ4v) is 4.85. The lowest BCUT2D eigenvalue weighted by molar-refractivity contribution is -0.118. The largest absolute Gasteiger partial charge is 0.484 e. The Hall–Kier alpha value is -2.38. The molecule has 1 aliphatic heterocycles. The summed E-state index contributed by atoms with van der Waals surface area (Å²) in [5, 5.41) is 2.73. The topological polar surface area (TPSA) is 75.7 Å². The summed E-state index contributed by atoms with van der Waals surface area (Å²) < 4.78 is 32.6. The second-order valence-electron chi connectivity index (χ2n) is 8.17. The Labute approximate surface area is 179 Å². The highest BCUT2D eigenvalue weighted by molar-refractivity contribution is 7.89. The smallest absolute Gasteiger partial charge is 0.262 e. The highest BCUT2D eigenvalue weighted by Gasteiger charge is 2.27. The number of nitrogens with zero attached hydrogens (tertiary/aromatic N) is 1. The number of sulfonamides is 1. The lowest BCUT2D eigenvalue weighted by atomic mass is 10.0. The van der Waals surface area contributed by atoms with E-state index in [2.05, 4.69) is 26.1 Å². The molecule has 6 nitrogen and oxygen atoms in total. The Morgan fingerprint density at radius 2 is 1.67 bits per heavy atom. The molecule has 0 aliphatic carbocycles. The van der Waals surface area contributed by atoms with Crippen LogP contribution in [0, 0.1) is 5.92 Å². The first-order chi connectivity index (χ1) is 14.3. The van der Waals surface area contributed by atoms with E-state index >= 15 is 0 Å². The number of rotatable bonds is 7. The van der Waals surface area contributed by atoms with Gasteiger partial charge in [-0.3, -0.25) is 4.79 Å². The monoisotopic (exact) mass is 430 g/mol. The van der Waals surface area contributed by atoms with Crippen molar-refractivity contribution in [1.82, 2.24) is 4.31 Å². The van der Waals surface area contributed by atoms with Gasteiger partial charge in [0.15, 0.2) is 6.61 Å². The molecule has 0 aromatic heterocycles. The number of amides is 1. The first-order valence-electron chi connectivity index (χ1n) is 10.4. The van der Waals surface area contributed by atoms with Crippen molar-refractivity contribution in [2.24, 2.45) is 5.92 Å². The molecular formula is C23H30N2O4S. The van der Waals surface area contributed by atoms with Crippen molar-refractivity contribution in [1.29, 1.82) is 0 Å². The molecule has 1 heterocycles. The van der Waals surface area contributed by atoms with Crippen molar-refractivity contribution >= 4 is 21.6 Å². The minimum atomic E-state index is -3.49. The normalized spacial score (nSPS) is 15.9. The maximum atomic E-state index is 12.8. The molecule has 1 aliphatic rings. The number of carbonyl (C=O) groups excluding carboxylic acids is 1. The molecule has 7 heteroatoms. The summed E-state index contributed by atoms with van der Waals surface area (Å²) in [5.74, 6) is 1.33. The molecule has 0 unspecified atom stereocenters. The van der Waals surface area contributed by atoms with Crippen LogP contribution in [0.15, 0.2) is 53.4 Å². The van der Waals surface area contributed by atoms with Crippen LogP contribution >= 0.6 is 0 Å². The van der Waals surface area contributed by atoms with Crippen LogP contribution in [-0.2, 0) is 14.8 Å². The van der Waals surface area contributed by atoms with Crippen LogP contribution in [0.3, 0.4) is 0 Å². The van der Waals surface area contributed by atoms with E-state index in [0.717, 1.165) is 12.8 Å². The van der Waals surface area contributed by atoms with Crippen molar-refractivity contribution in [2.45, 2.75) is 44.4 Å². The SMILES string of the molecule is CC1CCN(S(=O)(=O)c2ccc(NC(=O)COc3ccc(C(C)C)cc3)cc2)CC1. The summed E-state index contributed by atoms with van der Waals surface area (Å²) in [5.41, 5.74) is 1.74. The van der Waals surface area contributed by atoms with E-state index in [9.17, 15) is 13.2 Å². The van der Waals surface area contributed by atoms with Gasteiger partial charge >= 0.3 is 0 Å². The van der Waals surface area contributed by atoms with Crippen LogP contribution < -0.4 is 10.1 Å². The Bertz CT molecular complexity index is 946. The van der Waals surface area contributed by atoms with E-state index in [1.807, 2.05) is 24.3 Å². The number of ether oxygens (including phenoxy) is 1. The molecule has 0 bridgehead atoms. The predicted octanol–water partition coefficient (Wildman–Crippen LogP) is 4.25. The quantitative estimate of drug-likeness (QED) is 0.713. The fourth-order valence-electron chi connectivity index (χ4n) is 3.38. The lowest BCUT2D eigenvalue weighted by Gasteiger charge is -2.29. The molecule has 3 rings (SSSR count). The second kappa shape index (κ2) is 9.62. The summed E-state index contributed by atoms with van der Waals surface area (Å²) in [6.07, 6.45) is 1.77. The van der Waals surface area contributed by atoms with Crippen molar-refractivity contribution in [2.75, 3.05) is 25.0 Å². The Kier molecular flexibility index (Phi) is 7.15. The number of hydrogen-bond donors (Lipinski definition) is 1. The zero-order valence-corrected chi connectivity index (χ0v) is 18.6. The van der Waals surface area contributed by atoms with Crippen molar-refractivity contribution in [3.05, 3.63) is 54.1 Å². The first-order valence-corrected chi connectivity index (χ1v) is 11.8. The molecule has 0 spiro atoms. The molecule has 2 aromatic carbocycles. The van der Waals surface area contributed by atoms with E-state index in [1.165, 1.54) is 17.7 Å². The zero-order valence-electron chi connectivity index (χ0n) is 17.8. The molecule has 1 fully saturated rings. The molecule has 30 heavy (non-hydrogen) atoms. The van der Waals surface area contributed by atoms with Gasteiger partial charge in [0, 0.05) is 18.8 Å². The molecule has 162 valence electrons. The van der Waals surface area contributed by atoms with Crippen molar-refractivity contribution in [3.8, 4) is 5.75 Å². The summed E-state index contributed by atoms with van der Waals surface area (Å²) >= 11 is 0. The van der Waals surface area contributed by atoms with Crippen LogP contribution in [0.5, 0.6) is 5.75 Å². The van der Waals surface area contributed by atoms with E-state index in [0.29, 0.717) is 36.4 Å². The standard InChI is InChI=1S/C23H30N2O4S/c1-17(2)19-4-8-21(9-5-19)29-16-23(26)24-20-6-10-22(11-7-20)30(27,28)25-14-12-18(3)13-15-25/h4-11,17-18H,12-16H2,1-3H3,(H,24,26).